The average molecular weight is 340 g/mol. The van der Waals surface area contributed by atoms with Crippen molar-refractivity contribution in [3.63, 3.8) is 0 Å². The molecular formula is C19H24N4O2. The molecule has 25 heavy (non-hydrogen) atoms. The Morgan fingerprint density at radius 3 is 2.76 bits per heavy atom. The highest BCUT2D eigenvalue weighted by Gasteiger charge is 2.15. The average Bonchev–Trinajstić information content (AvgIpc) is 2.60. The Bertz CT molecular complexity index is 742. The number of morpholine rings is 1. The van der Waals surface area contributed by atoms with Crippen molar-refractivity contribution in [3.8, 4) is 0 Å². The number of amides is 1. The molecule has 6 heteroatoms. The fraction of sp³-hybridized carbons (Fsp3) is 0.421. The van der Waals surface area contributed by atoms with Crippen LogP contribution in [0.15, 0.2) is 30.3 Å². The zero-order valence-electron chi connectivity index (χ0n) is 14.8. The molecule has 0 aliphatic carbocycles. The molecule has 1 amide bonds. The Balaban J connectivity index is 1.60. The first kappa shape index (κ1) is 17.4. The lowest BCUT2D eigenvalue weighted by Crippen LogP contribution is -2.37. The highest BCUT2D eigenvalue weighted by Crippen LogP contribution is 2.12. The van der Waals surface area contributed by atoms with Gasteiger partial charge in [0, 0.05) is 18.8 Å². The van der Waals surface area contributed by atoms with Crippen LogP contribution in [0.2, 0.25) is 0 Å². The number of carbonyl (C=O) groups excluding carboxylic acids is 1. The number of benzene rings is 1. The molecule has 2 aromatic rings. The molecule has 0 bridgehead atoms. The summed E-state index contributed by atoms with van der Waals surface area (Å²) in [5.74, 6) is 0.709. The molecule has 3 rings (SSSR count). The molecular weight excluding hydrogens is 316 g/mol. The van der Waals surface area contributed by atoms with Gasteiger partial charge in [-0.3, -0.25) is 4.79 Å². The monoisotopic (exact) mass is 340 g/mol. The summed E-state index contributed by atoms with van der Waals surface area (Å²) in [5, 5.41) is 2.95. The van der Waals surface area contributed by atoms with Gasteiger partial charge >= 0.3 is 0 Å². The summed E-state index contributed by atoms with van der Waals surface area (Å²) in [6.45, 7) is 7.36. The van der Waals surface area contributed by atoms with Crippen LogP contribution in [0.3, 0.4) is 0 Å². The summed E-state index contributed by atoms with van der Waals surface area (Å²) in [7, 11) is 0. The van der Waals surface area contributed by atoms with Gasteiger partial charge in [0.25, 0.3) is 0 Å². The first-order chi connectivity index (χ1) is 12.1. The summed E-state index contributed by atoms with van der Waals surface area (Å²) in [6.07, 6.45) is 0.377. The van der Waals surface area contributed by atoms with Crippen molar-refractivity contribution < 1.29 is 9.53 Å². The quantitative estimate of drug-likeness (QED) is 0.899. The van der Waals surface area contributed by atoms with Crippen LogP contribution < -0.4 is 10.2 Å². The Kier molecular flexibility index (Phi) is 5.60. The van der Waals surface area contributed by atoms with Crippen LogP contribution in [-0.2, 0) is 22.5 Å². The molecule has 1 aromatic heterocycles. The number of ether oxygens (including phenoxy) is 1. The molecule has 0 atom stereocenters. The van der Waals surface area contributed by atoms with E-state index in [1.54, 1.807) is 0 Å². The first-order valence-electron chi connectivity index (χ1n) is 8.59. The number of anilines is 1. The van der Waals surface area contributed by atoms with E-state index in [1.807, 2.05) is 44.2 Å². The zero-order valence-corrected chi connectivity index (χ0v) is 14.8. The minimum absolute atomic E-state index is 0.00483. The van der Waals surface area contributed by atoms with Crippen molar-refractivity contribution in [2.45, 2.75) is 26.8 Å². The minimum Gasteiger partial charge on any atom is -0.378 e. The van der Waals surface area contributed by atoms with Crippen molar-refractivity contribution in [2.75, 3.05) is 31.2 Å². The summed E-state index contributed by atoms with van der Waals surface area (Å²) < 4.78 is 5.37. The second kappa shape index (κ2) is 8.07. The van der Waals surface area contributed by atoms with Crippen LogP contribution in [0.25, 0.3) is 0 Å². The largest absolute Gasteiger partial charge is 0.378 e. The van der Waals surface area contributed by atoms with Crippen LogP contribution >= 0.6 is 0 Å². The molecule has 1 N–H and O–H groups in total. The van der Waals surface area contributed by atoms with Crippen molar-refractivity contribution in [3.05, 3.63) is 52.8 Å². The molecule has 1 aliphatic rings. The molecule has 132 valence electrons. The second-order valence-electron chi connectivity index (χ2n) is 6.34. The van der Waals surface area contributed by atoms with E-state index in [0.717, 1.165) is 35.6 Å². The van der Waals surface area contributed by atoms with E-state index in [4.69, 9.17) is 4.74 Å². The SMILES string of the molecule is Cc1cccc(CC(=O)NCc2cc(C)nc(N3CCOCC3)n2)c1. The maximum Gasteiger partial charge on any atom is 0.225 e. The molecule has 0 radical (unpaired) electrons. The third-order valence-electron chi connectivity index (χ3n) is 4.10. The number of carbonyl (C=O) groups is 1. The van der Waals surface area contributed by atoms with E-state index in [9.17, 15) is 4.79 Å². The summed E-state index contributed by atoms with van der Waals surface area (Å²) >= 11 is 0. The van der Waals surface area contributed by atoms with Gasteiger partial charge < -0.3 is 15.0 Å². The van der Waals surface area contributed by atoms with Crippen LogP contribution in [0, 0.1) is 13.8 Å². The Labute approximate surface area is 148 Å². The highest BCUT2D eigenvalue weighted by molar-refractivity contribution is 5.78. The summed E-state index contributed by atoms with van der Waals surface area (Å²) in [5.41, 5.74) is 3.91. The fourth-order valence-electron chi connectivity index (χ4n) is 2.87. The molecule has 6 nitrogen and oxygen atoms in total. The molecule has 1 fully saturated rings. The highest BCUT2D eigenvalue weighted by atomic mass is 16.5. The lowest BCUT2D eigenvalue weighted by atomic mass is 10.1. The standard InChI is InChI=1S/C19H24N4O2/c1-14-4-3-5-16(10-14)12-18(24)20-13-17-11-15(2)21-19(22-17)23-6-8-25-9-7-23/h3-5,10-11H,6-9,12-13H2,1-2H3,(H,20,24). The van der Waals surface area contributed by atoms with Crippen LogP contribution in [0.4, 0.5) is 5.95 Å². The van der Waals surface area contributed by atoms with Gasteiger partial charge in [0.2, 0.25) is 11.9 Å². The summed E-state index contributed by atoms with van der Waals surface area (Å²) in [6, 6.07) is 9.92. The van der Waals surface area contributed by atoms with E-state index in [2.05, 4.69) is 20.2 Å². The van der Waals surface area contributed by atoms with E-state index in [1.165, 1.54) is 0 Å². The normalized spacial score (nSPS) is 14.4. The number of hydrogen-bond acceptors (Lipinski definition) is 5. The summed E-state index contributed by atoms with van der Waals surface area (Å²) in [4.78, 5) is 23.4. The molecule has 1 saturated heterocycles. The van der Waals surface area contributed by atoms with Crippen molar-refractivity contribution in [2.24, 2.45) is 0 Å². The van der Waals surface area contributed by atoms with Gasteiger partial charge in [-0.25, -0.2) is 9.97 Å². The molecule has 0 spiro atoms. The van der Waals surface area contributed by atoms with Gasteiger partial charge in [0.15, 0.2) is 0 Å². The first-order valence-corrected chi connectivity index (χ1v) is 8.59. The van der Waals surface area contributed by atoms with E-state index in [0.29, 0.717) is 32.1 Å². The van der Waals surface area contributed by atoms with Gasteiger partial charge in [-0.15, -0.1) is 0 Å². The van der Waals surface area contributed by atoms with Gasteiger partial charge in [-0.1, -0.05) is 29.8 Å². The van der Waals surface area contributed by atoms with Crippen LogP contribution in [0.5, 0.6) is 0 Å². The second-order valence-corrected chi connectivity index (χ2v) is 6.34. The lowest BCUT2D eigenvalue weighted by Gasteiger charge is -2.27. The van der Waals surface area contributed by atoms with Gasteiger partial charge in [-0.2, -0.15) is 0 Å². The van der Waals surface area contributed by atoms with Gasteiger partial charge in [0.1, 0.15) is 0 Å². The van der Waals surface area contributed by atoms with E-state index < -0.39 is 0 Å². The molecule has 2 heterocycles. The maximum atomic E-state index is 12.2. The number of aromatic nitrogens is 2. The predicted molar refractivity (Wildman–Crippen MR) is 96.5 cm³/mol. The zero-order chi connectivity index (χ0) is 17.6. The maximum absolute atomic E-state index is 12.2. The van der Waals surface area contributed by atoms with Crippen LogP contribution in [-0.4, -0.2) is 42.2 Å². The predicted octanol–water partition coefficient (Wildman–Crippen LogP) is 1.79. The van der Waals surface area contributed by atoms with Crippen molar-refractivity contribution in [1.29, 1.82) is 0 Å². The molecule has 0 saturated carbocycles. The topological polar surface area (TPSA) is 67.4 Å². The molecule has 0 unspecified atom stereocenters. The molecule has 1 aromatic carbocycles. The van der Waals surface area contributed by atoms with Gasteiger partial charge in [-0.05, 0) is 25.5 Å². The van der Waals surface area contributed by atoms with Gasteiger partial charge in [0.05, 0.1) is 31.9 Å². The number of aryl methyl sites for hydroxylation is 2. The van der Waals surface area contributed by atoms with Crippen molar-refractivity contribution >= 4 is 11.9 Å². The van der Waals surface area contributed by atoms with Crippen LogP contribution in [0.1, 0.15) is 22.5 Å². The Morgan fingerprint density at radius 1 is 1.20 bits per heavy atom. The van der Waals surface area contributed by atoms with E-state index in [-0.39, 0.29) is 5.91 Å². The smallest absolute Gasteiger partial charge is 0.225 e. The third-order valence-corrected chi connectivity index (χ3v) is 4.10. The lowest BCUT2D eigenvalue weighted by molar-refractivity contribution is -0.120. The number of rotatable bonds is 5. The molecule has 1 aliphatic heterocycles. The number of hydrogen-bond donors (Lipinski definition) is 1. The number of nitrogens with one attached hydrogen (secondary N) is 1. The Hall–Kier alpha value is -2.47. The van der Waals surface area contributed by atoms with Crippen molar-refractivity contribution in [1.82, 2.24) is 15.3 Å². The Morgan fingerprint density at radius 2 is 2.00 bits per heavy atom. The third kappa shape index (κ3) is 5.00. The minimum atomic E-state index is -0.00483. The fourth-order valence-corrected chi connectivity index (χ4v) is 2.87. The van der Waals surface area contributed by atoms with E-state index >= 15 is 0 Å². The number of nitrogens with zero attached hydrogens (tertiary/aromatic N) is 3.